The van der Waals surface area contributed by atoms with E-state index < -0.39 is 5.97 Å². The number of carboxylic acid groups (broad SMARTS) is 1. The number of hydrogen-bond acceptors (Lipinski definition) is 5. The first-order chi connectivity index (χ1) is 13.4. The number of carbonyl (C=O) groups is 2. The minimum Gasteiger partial charge on any atom is -0.478 e. The highest BCUT2D eigenvalue weighted by Gasteiger charge is 2.23. The fourth-order valence-corrected chi connectivity index (χ4v) is 3.35. The Morgan fingerprint density at radius 2 is 1.96 bits per heavy atom. The highest BCUT2D eigenvalue weighted by Crippen LogP contribution is 2.28. The molecule has 1 aliphatic heterocycles. The number of benzene rings is 1. The Bertz CT molecular complexity index is 1070. The van der Waals surface area contributed by atoms with Crippen molar-refractivity contribution in [3.8, 4) is 0 Å². The van der Waals surface area contributed by atoms with Crippen LogP contribution in [-0.4, -0.2) is 38.1 Å². The first-order valence-electron chi connectivity index (χ1n) is 9.18. The normalized spacial score (nSPS) is 13.6. The number of hydrogen-bond donors (Lipinski definition) is 2. The average Bonchev–Trinajstić information content (AvgIpc) is 3.07. The molecule has 0 unspecified atom stereocenters. The fraction of sp³-hybridized carbons (Fsp3) is 0.300. The molecule has 3 heterocycles. The summed E-state index contributed by atoms with van der Waals surface area (Å²) in [7, 11) is 0. The Labute approximate surface area is 161 Å². The SMILES string of the molecule is CC(C)C(=O)Nc1nc2cc(C(=O)O)c(N3CCc4ccccc4C3)cn2n1. The van der Waals surface area contributed by atoms with E-state index >= 15 is 0 Å². The van der Waals surface area contributed by atoms with Gasteiger partial charge in [-0.05, 0) is 23.6 Å². The molecule has 3 aromatic rings. The van der Waals surface area contributed by atoms with Gasteiger partial charge in [-0.2, -0.15) is 4.98 Å². The molecular formula is C20H21N5O3. The molecule has 0 saturated heterocycles. The largest absolute Gasteiger partial charge is 0.478 e. The minimum absolute atomic E-state index is 0.163. The number of amides is 1. The Hall–Kier alpha value is -3.42. The van der Waals surface area contributed by atoms with Crippen molar-refractivity contribution >= 4 is 29.2 Å². The second kappa shape index (κ2) is 6.95. The molecule has 0 aliphatic carbocycles. The summed E-state index contributed by atoms with van der Waals surface area (Å²) in [6, 6.07) is 9.68. The molecule has 4 rings (SSSR count). The summed E-state index contributed by atoms with van der Waals surface area (Å²) in [6.07, 6.45) is 2.52. The van der Waals surface area contributed by atoms with Crippen molar-refractivity contribution in [1.82, 2.24) is 14.6 Å². The Morgan fingerprint density at radius 1 is 1.21 bits per heavy atom. The number of carboxylic acids is 1. The number of nitrogens with zero attached hydrogens (tertiary/aromatic N) is 4. The number of rotatable bonds is 4. The molecule has 0 bridgehead atoms. The molecule has 8 heteroatoms. The number of carbonyl (C=O) groups excluding carboxylic acids is 1. The van der Waals surface area contributed by atoms with Gasteiger partial charge in [0.2, 0.25) is 11.9 Å². The van der Waals surface area contributed by atoms with Crippen LogP contribution in [0.15, 0.2) is 36.5 Å². The van der Waals surface area contributed by atoms with Gasteiger partial charge in [-0.25, -0.2) is 9.31 Å². The molecule has 0 atom stereocenters. The van der Waals surface area contributed by atoms with Crippen LogP contribution < -0.4 is 10.2 Å². The highest BCUT2D eigenvalue weighted by molar-refractivity contribution is 5.96. The van der Waals surface area contributed by atoms with E-state index in [0.29, 0.717) is 24.4 Å². The van der Waals surface area contributed by atoms with E-state index in [2.05, 4.69) is 27.5 Å². The van der Waals surface area contributed by atoms with Crippen LogP contribution in [0.5, 0.6) is 0 Å². The first kappa shape index (κ1) is 18.0. The van der Waals surface area contributed by atoms with Crippen molar-refractivity contribution in [2.75, 3.05) is 16.8 Å². The van der Waals surface area contributed by atoms with Gasteiger partial charge in [0.15, 0.2) is 5.65 Å². The Morgan fingerprint density at radius 3 is 2.68 bits per heavy atom. The molecular weight excluding hydrogens is 358 g/mol. The lowest BCUT2D eigenvalue weighted by atomic mass is 9.99. The summed E-state index contributed by atoms with van der Waals surface area (Å²) in [6.45, 7) is 4.90. The molecule has 0 fully saturated rings. The molecule has 8 nitrogen and oxygen atoms in total. The number of aromatic nitrogens is 3. The van der Waals surface area contributed by atoms with E-state index in [1.54, 1.807) is 20.0 Å². The maximum Gasteiger partial charge on any atom is 0.338 e. The first-order valence-corrected chi connectivity index (χ1v) is 9.18. The van der Waals surface area contributed by atoms with E-state index in [9.17, 15) is 14.7 Å². The second-order valence-electron chi connectivity index (χ2n) is 7.20. The zero-order valence-electron chi connectivity index (χ0n) is 15.7. The molecule has 1 aromatic carbocycles. The molecule has 2 N–H and O–H groups in total. The lowest BCUT2D eigenvalue weighted by Crippen LogP contribution is -2.31. The summed E-state index contributed by atoms with van der Waals surface area (Å²) < 4.78 is 1.51. The van der Waals surface area contributed by atoms with E-state index in [0.717, 1.165) is 6.42 Å². The monoisotopic (exact) mass is 379 g/mol. The number of aromatic carboxylic acids is 1. The van der Waals surface area contributed by atoms with E-state index in [1.165, 1.54) is 21.7 Å². The number of fused-ring (bicyclic) bond motifs is 2. The molecule has 0 spiro atoms. The maximum absolute atomic E-state index is 11.9. The van der Waals surface area contributed by atoms with Crippen LogP contribution in [0.2, 0.25) is 0 Å². The number of nitrogens with one attached hydrogen (secondary N) is 1. The summed E-state index contributed by atoms with van der Waals surface area (Å²) >= 11 is 0. The van der Waals surface area contributed by atoms with Crippen molar-refractivity contribution < 1.29 is 14.7 Å². The lowest BCUT2D eigenvalue weighted by molar-refractivity contribution is -0.118. The highest BCUT2D eigenvalue weighted by atomic mass is 16.4. The third kappa shape index (κ3) is 3.28. The summed E-state index contributed by atoms with van der Waals surface area (Å²) in [4.78, 5) is 30.0. The summed E-state index contributed by atoms with van der Waals surface area (Å²) in [5.74, 6) is -1.25. The number of pyridine rings is 1. The van der Waals surface area contributed by atoms with Gasteiger partial charge in [-0.3, -0.25) is 10.1 Å². The van der Waals surface area contributed by atoms with E-state index in [-0.39, 0.29) is 23.3 Å². The molecule has 1 aliphatic rings. The molecule has 144 valence electrons. The fourth-order valence-electron chi connectivity index (χ4n) is 3.35. The van der Waals surface area contributed by atoms with E-state index in [1.807, 2.05) is 17.0 Å². The van der Waals surface area contributed by atoms with Gasteiger partial charge in [-0.15, -0.1) is 5.10 Å². The van der Waals surface area contributed by atoms with Crippen molar-refractivity contribution in [3.05, 3.63) is 53.2 Å². The standard InChI is InChI=1S/C20H21N5O3/c1-12(2)18(26)22-20-21-17-9-15(19(27)28)16(11-25(17)23-20)24-8-7-13-5-3-4-6-14(13)10-24/h3-6,9,11-12H,7-8,10H2,1-2H3,(H,27,28)(H,22,23,26). The zero-order chi connectivity index (χ0) is 19.8. The quantitative estimate of drug-likeness (QED) is 0.723. The van der Waals surface area contributed by atoms with Crippen LogP contribution >= 0.6 is 0 Å². The lowest BCUT2D eigenvalue weighted by Gasteiger charge is -2.31. The van der Waals surface area contributed by atoms with Gasteiger partial charge < -0.3 is 10.0 Å². The second-order valence-corrected chi connectivity index (χ2v) is 7.20. The van der Waals surface area contributed by atoms with E-state index in [4.69, 9.17) is 0 Å². The van der Waals surface area contributed by atoms with Crippen LogP contribution in [0, 0.1) is 5.92 Å². The third-order valence-corrected chi connectivity index (χ3v) is 4.91. The molecule has 0 saturated carbocycles. The van der Waals surface area contributed by atoms with Crippen LogP contribution in [0.4, 0.5) is 11.6 Å². The van der Waals surface area contributed by atoms with Crippen LogP contribution in [-0.2, 0) is 17.8 Å². The maximum atomic E-state index is 11.9. The Balaban J connectivity index is 1.72. The van der Waals surface area contributed by atoms with Gasteiger partial charge in [-0.1, -0.05) is 38.1 Å². The molecule has 1 amide bonds. The summed E-state index contributed by atoms with van der Waals surface area (Å²) in [5.41, 5.74) is 3.60. The smallest absolute Gasteiger partial charge is 0.338 e. The average molecular weight is 379 g/mol. The molecule has 2 aromatic heterocycles. The van der Waals surface area contributed by atoms with Crippen molar-refractivity contribution in [3.63, 3.8) is 0 Å². The van der Waals surface area contributed by atoms with Gasteiger partial charge >= 0.3 is 5.97 Å². The van der Waals surface area contributed by atoms with Crippen LogP contribution in [0.3, 0.4) is 0 Å². The molecule has 28 heavy (non-hydrogen) atoms. The van der Waals surface area contributed by atoms with Crippen molar-refractivity contribution in [1.29, 1.82) is 0 Å². The zero-order valence-corrected chi connectivity index (χ0v) is 15.7. The van der Waals surface area contributed by atoms with Gasteiger partial charge in [0, 0.05) is 19.0 Å². The van der Waals surface area contributed by atoms with Crippen LogP contribution in [0.1, 0.15) is 35.3 Å². The van der Waals surface area contributed by atoms with Crippen molar-refractivity contribution in [2.45, 2.75) is 26.8 Å². The third-order valence-electron chi connectivity index (χ3n) is 4.91. The molecule has 0 radical (unpaired) electrons. The predicted octanol–water partition coefficient (Wildman–Crippen LogP) is 2.58. The predicted molar refractivity (Wildman–Crippen MR) is 105 cm³/mol. The van der Waals surface area contributed by atoms with Gasteiger partial charge in [0.05, 0.1) is 17.4 Å². The summed E-state index contributed by atoms with van der Waals surface area (Å²) in [5, 5.41) is 16.7. The van der Waals surface area contributed by atoms with Crippen LogP contribution in [0.25, 0.3) is 5.65 Å². The van der Waals surface area contributed by atoms with Gasteiger partial charge in [0.25, 0.3) is 0 Å². The van der Waals surface area contributed by atoms with Gasteiger partial charge in [0.1, 0.15) is 0 Å². The Kier molecular flexibility index (Phi) is 4.46. The number of anilines is 2. The van der Waals surface area contributed by atoms with Crippen molar-refractivity contribution in [2.24, 2.45) is 5.92 Å². The topological polar surface area (TPSA) is 99.8 Å². The minimum atomic E-state index is -1.02.